The van der Waals surface area contributed by atoms with Crippen LogP contribution in [0.2, 0.25) is 0 Å². The van der Waals surface area contributed by atoms with Crippen LogP contribution in [0.5, 0.6) is 11.5 Å². The number of benzene rings is 1. The Morgan fingerprint density at radius 1 is 1.30 bits per heavy atom. The summed E-state index contributed by atoms with van der Waals surface area (Å²) < 4.78 is 5.83. The summed E-state index contributed by atoms with van der Waals surface area (Å²) in [6.07, 6.45) is 3.31. The van der Waals surface area contributed by atoms with Gasteiger partial charge in [-0.25, -0.2) is 0 Å². The topological polar surface area (TPSA) is 82.9 Å². The molecule has 0 aliphatic heterocycles. The predicted molar refractivity (Wildman–Crippen MR) is 102 cm³/mol. The van der Waals surface area contributed by atoms with E-state index in [2.05, 4.69) is 4.98 Å². The van der Waals surface area contributed by atoms with Crippen molar-refractivity contribution < 1.29 is 19.7 Å². The summed E-state index contributed by atoms with van der Waals surface area (Å²) in [5.74, 6) is 0.489. The van der Waals surface area contributed by atoms with Gasteiger partial charge in [0.15, 0.2) is 0 Å². The van der Waals surface area contributed by atoms with Crippen LogP contribution in [-0.4, -0.2) is 51.3 Å². The molecule has 6 nitrogen and oxygen atoms in total. The number of pyridine rings is 1. The molecule has 2 aromatic rings. The summed E-state index contributed by atoms with van der Waals surface area (Å²) in [4.78, 5) is 18.5. The molecule has 1 amide bonds. The van der Waals surface area contributed by atoms with Crippen LogP contribution in [0, 0.1) is 0 Å². The van der Waals surface area contributed by atoms with E-state index in [9.17, 15) is 15.0 Å². The number of nitrogens with zero attached hydrogens (tertiary/aromatic N) is 2. The van der Waals surface area contributed by atoms with E-state index in [0.717, 1.165) is 5.56 Å². The summed E-state index contributed by atoms with van der Waals surface area (Å²) in [6, 6.07) is 8.28. The molecule has 0 saturated heterocycles. The van der Waals surface area contributed by atoms with Crippen molar-refractivity contribution in [2.45, 2.75) is 50.9 Å². The number of ether oxygens (including phenoxy) is 1. The molecule has 144 valence electrons. The Morgan fingerprint density at radius 3 is 2.74 bits per heavy atom. The molecule has 0 spiro atoms. The van der Waals surface area contributed by atoms with Crippen molar-refractivity contribution in [2.75, 3.05) is 7.05 Å². The van der Waals surface area contributed by atoms with Crippen LogP contribution in [-0.2, 0) is 0 Å². The minimum Gasteiger partial charge on any atom is -0.507 e. The number of aliphatic hydroxyl groups excluding tert-OH is 1. The number of phenols is 1. The Morgan fingerprint density at radius 2 is 2.07 bits per heavy atom. The Hall–Kier alpha value is -2.60. The Balaban J connectivity index is 1.73. The standard InChI is InChI=1S/C21H26N2O4/c1-13(2)14-6-8-18(24)16(11-14)21(26)23(3)17-7-9-19(20(17)25)27-15-5-4-10-22-12-15/h4-6,8,10-13,17,19-20,24-25H,7,9H2,1-3H3/t17-,19-,20-/m1/s1. The summed E-state index contributed by atoms with van der Waals surface area (Å²) in [5.41, 5.74) is 1.24. The van der Waals surface area contributed by atoms with E-state index >= 15 is 0 Å². The number of hydrogen-bond donors (Lipinski definition) is 2. The van der Waals surface area contributed by atoms with Crippen molar-refractivity contribution in [3.05, 3.63) is 53.9 Å². The van der Waals surface area contributed by atoms with Gasteiger partial charge in [0.1, 0.15) is 23.7 Å². The Kier molecular flexibility index (Phi) is 5.65. The van der Waals surface area contributed by atoms with Crippen molar-refractivity contribution in [3.63, 3.8) is 0 Å². The molecular formula is C21H26N2O4. The number of aromatic hydroxyl groups is 1. The summed E-state index contributed by atoms with van der Waals surface area (Å²) >= 11 is 0. The number of amides is 1. The van der Waals surface area contributed by atoms with Gasteiger partial charge in [-0.2, -0.15) is 0 Å². The van der Waals surface area contributed by atoms with Crippen LogP contribution in [0.3, 0.4) is 0 Å². The number of carbonyl (C=O) groups is 1. The van der Waals surface area contributed by atoms with E-state index in [1.54, 1.807) is 43.7 Å². The highest BCUT2D eigenvalue weighted by molar-refractivity contribution is 5.97. The van der Waals surface area contributed by atoms with Crippen molar-refractivity contribution in [1.29, 1.82) is 0 Å². The maximum absolute atomic E-state index is 12.9. The lowest BCUT2D eigenvalue weighted by Crippen LogP contribution is -2.45. The van der Waals surface area contributed by atoms with E-state index in [-0.39, 0.29) is 29.2 Å². The molecule has 1 aromatic carbocycles. The van der Waals surface area contributed by atoms with Gasteiger partial charge in [0, 0.05) is 13.2 Å². The minimum absolute atomic E-state index is 0.0492. The maximum Gasteiger partial charge on any atom is 0.257 e. The molecule has 6 heteroatoms. The number of carbonyl (C=O) groups excluding carboxylic acids is 1. The second kappa shape index (κ2) is 7.96. The lowest BCUT2D eigenvalue weighted by atomic mass is 9.99. The highest BCUT2D eigenvalue weighted by atomic mass is 16.5. The monoisotopic (exact) mass is 370 g/mol. The minimum atomic E-state index is -0.811. The second-order valence-corrected chi connectivity index (χ2v) is 7.33. The highest BCUT2D eigenvalue weighted by Crippen LogP contribution is 2.30. The molecule has 1 aliphatic rings. The van der Waals surface area contributed by atoms with E-state index in [1.165, 1.54) is 4.90 Å². The highest BCUT2D eigenvalue weighted by Gasteiger charge is 2.40. The average molecular weight is 370 g/mol. The van der Waals surface area contributed by atoms with Gasteiger partial charge in [0.25, 0.3) is 5.91 Å². The Bertz CT molecular complexity index is 794. The fourth-order valence-electron chi connectivity index (χ4n) is 3.49. The third-order valence-electron chi connectivity index (χ3n) is 5.18. The van der Waals surface area contributed by atoms with E-state index in [0.29, 0.717) is 18.6 Å². The van der Waals surface area contributed by atoms with Gasteiger partial charge < -0.3 is 19.8 Å². The van der Waals surface area contributed by atoms with Gasteiger partial charge in [0.05, 0.1) is 17.8 Å². The number of rotatable bonds is 5. The molecule has 3 atom stereocenters. The second-order valence-electron chi connectivity index (χ2n) is 7.33. The molecule has 2 N–H and O–H groups in total. The number of hydrogen-bond acceptors (Lipinski definition) is 5. The summed E-state index contributed by atoms with van der Waals surface area (Å²) in [6.45, 7) is 4.07. The van der Waals surface area contributed by atoms with E-state index in [4.69, 9.17) is 4.74 Å². The third-order valence-corrected chi connectivity index (χ3v) is 5.18. The summed E-state index contributed by atoms with van der Waals surface area (Å²) in [7, 11) is 1.66. The first-order valence-corrected chi connectivity index (χ1v) is 9.23. The SMILES string of the molecule is CC(C)c1ccc(O)c(C(=O)N(C)[C@@H]2CC[C@@H](Oc3cccnc3)[C@@H]2O)c1. The fraction of sp³-hybridized carbons (Fsp3) is 0.429. The molecule has 1 aromatic heterocycles. The molecular weight excluding hydrogens is 344 g/mol. The lowest BCUT2D eigenvalue weighted by molar-refractivity contribution is 0.0164. The van der Waals surface area contributed by atoms with Crippen LogP contribution >= 0.6 is 0 Å². The molecule has 1 aliphatic carbocycles. The van der Waals surface area contributed by atoms with Crippen molar-refractivity contribution in [2.24, 2.45) is 0 Å². The fourth-order valence-corrected chi connectivity index (χ4v) is 3.49. The zero-order chi connectivity index (χ0) is 19.6. The van der Waals surface area contributed by atoms with Gasteiger partial charge in [-0.05, 0) is 48.6 Å². The van der Waals surface area contributed by atoms with Crippen molar-refractivity contribution in [3.8, 4) is 11.5 Å². The van der Waals surface area contributed by atoms with Crippen LogP contribution in [0.4, 0.5) is 0 Å². The molecule has 0 radical (unpaired) electrons. The quantitative estimate of drug-likeness (QED) is 0.845. The molecule has 0 unspecified atom stereocenters. The molecule has 0 bridgehead atoms. The molecule has 3 rings (SSSR count). The largest absolute Gasteiger partial charge is 0.507 e. The van der Waals surface area contributed by atoms with Crippen molar-refractivity contribution >= 4 is 5.91 Å². The molecule has 27 heavy (non-hydrogen) atoms. The van der Waals surface area contributed by atoms with Crippen molar-refractivity contribution in [1.82, 2.24) is 9.88 Å². The lowest BCUT2D eigenvalue weighted by Gasteiger charge is -2.29. The van der Waals surface area contributed by atoms with E-state index in [1.807, 2.05) is 19.9 Å². The van der Waals surface area contributed by atoms with Gasteiger partial charge in [-0.15, -0.1) is 0 Å². The first-order valence-electron chi connectivity index (χ1n) is 9.23. The van der Waals surface area contributed by atoms with Crippen LogP contribution in [0.25, 0.3) is 0 Å². The maximum atomic E-state index is 12.9. The number of likely N-dealkylation sites (N-methyl/N-ethyl adjacent to an activating group) is 1. The van der Waals surface area contributed by atoms with Gasteiger partial charge in [-0.1, -0.05) is 19.9 Å². The molecule has 1 saturated carbocycles. The average Bonchev–Trinajstić information content (AvgIpc) is 3.02. The zero-order valence-corrected chi connectivity index (χ0v) is 15.9. The normalized spacial score (nSPS) is 22.0. The Labute approximate surface area is 159 Å². The molecule has 1 fully saturated rings. The number of aliphatic hydroxyl groups is 1. The van der Waals surface area contributed by atoms with E-state index < -0.39 is 12.2 Å². The van der Waals surface area contributed by atoms with Crippen LogP contribution < -0.4 is 4.74 Å². The number of aromatic nitrogens is 1. The van der Waals surface area contributed by atoms with Crippen LogP contribution in [0.15, 0.2) is 42.7 Å². The first-order chi connectivity index (χ1) is 12.9. The smallest absolute Gasteiger partial charge is 0.257 e. The zero-order valence-electron chi connectivity index (χ0n) is 15.9. The van der Waals surface area contributed by atoms with Gasteiger partial charge in [-0.3, -0.25) is 9.78 Å². The van der Waals surface area contributed by atoms with Gasteiger partial charge >= 0.3 is 0 Å². The number of phenolic OH excluding ortho intramolecular Hbond substituents is 1. The first kappa shape index (κ1) is 19.2. The summed E-state index contributed by atoms with van der Waals surface area (Å²) in [5, 5.41) is 20.8. The van der Waals surface area contributed by atoms with Crippen LogP contribution in [0.1, 0.15) is 48.5 Å². The third kappa shape index (κ3) is 4.06. The molecule has 1 heterocycles. The predicted octanol–water partition coefficient (Wildman–Crippen LogP) is 2.95. The van der Waals surface area contributed by atoms with Gasteiger partial charge in [0.2, 0.25) is 0 Å².